The zero-order valence-corrected chi connectivity index (χ0v) is 10.9. The van der Waals surface area contributed by atoms with Gasteiger partial charge in [-0.3, -0.25) is 0 Å². The van der Waals surface area contributed by atoms with Crippen LogP contribution < -0.4 is 10.1 Å². The van der Waals surface area contributed by atoms with Gasteiger partial charge in [0.1, 0.15) is 0 Å². The van der Waals surface area contributed by atoms with E-state index in [1.165, 1.54) is 12.8 Å². The molecule has 2 rings (SSSR count). The standard InChI is InChI=1S/C12H18ClN3O/c1-8(2)17-11-5-6-14-12(16-11)15-7-10(13)9-3-4-9/h5-6,8-10H,3-4,7H2,1-2H3,(H,14,15,16). The normalized spacial score (nSPS) is 16.9. The first-order valence-electron chi connectivity index (χ1n) is 6.03. The minimum absolute atomic E-state index is 0.116. The summed E-state index contributed by atoms with van der Waals surface area (Å²) < 4.78 is 5.50. The van der Waals surface area contributed by atoms with Gasteiger partial charge in [0.05, 0.1) is 11.5 Å². The van der Waals surface area contributed by atoms with E-state index in [1.807, 2.05) is 13.8 Å². The molecule has 0 aliphatic heterocycles. The van der Waals surface area contributed by atoms with Gasteiger partial charge in [-0.2, -0.15) is 4.98 Å². The lowest BCUT2D eigenvalue weighted by atomic mass is 10.3. The summed E-state index contributed by atoms with van der Waals surface area (Å²) in [5.41, 5.74) is 0. The molecule has 0 spiro atoms. The highest BCUT2D eigenvalue weighted by atomic mass is 35.5. The van der Waals surface area contributed by atoms with Crippen molar-refractivity contribution in [2.45, 2.75) is 38.2 Å². The topological polar surface area (TPSA) is 47.0 Å². The molecule has 1 aliphatic carbocycles. The van der Waals surface area contributed by atoms with E-state index in [1.54, 1.807) is 12.3 Å². The SMILES string of the molecule is CC(C)Oc1ccnc(NCC(Cl)C2CC2)n1. The summed E-state index contributed by atoms with van der Waals surface area (Å²) in [4.78, 5) is 8.40. The Morgan fingerprint density at radius 1 is 1.53 bits per heavy atom. The van der Waals surface area contributed by atoms with Gasteiger partial charge in [-0.25, -0.2) is 4.98 Å². The maximum absolute atomic E-state index is 6.20. The molecular formula is C12H18ClN3O. The van der Waals surface area contributed by atoms with E-state index in [9.17, 15) is 0 Å². The lowest BCUT2D eigenvalue weighted by molar-refractivity contribution is 0.232. The van der Waals surface area contributed by atoms with E-state index < -0.39 is 0 Å². The molecule has 1 aliphatic rings. The van der Waals surface area contributed by atoms with Gasteiger partial charge < -0.3 is 10.1 Å². The number of anilines is 1. The van der Waals surface area contributed by atoms with Crippen LogP contribution in [-0.2, 0) is 0 Å². The van der Waals surface area contributed by atoms with Crippen LogP contribution >= 0.6 is 11.6 Å². The number of nitrogens with one attached hydrogen (secondary N) is 1. The number of nitrogens with zero attached hydrogens (tertiary/aromatic N) is 2. The second kappa shape index (κ2) is 5.54. The Hall–Kier alpha value is -1.03. The summed E-state index contributed by atoms with van der Waals surface area (Å²) in [5.74, 6) is 1.84. The van der Waals surface area contributed by atoms with Gasteiger partial charge in [0.25, 0.3) is 0 Å². The van der Waals surface area contributed by atoms with Crippen LogP contribution in [0.4, 0.5) is 5.95 Å². The van der Waals surface area contributed by atoms with E-state index in [2.05, 4.69) is 15.3 Å². The smallest absolute Gasteiger partial charge is 0.225 e. The molecule has 0 bridgehead atoms. The summed E-state index contributed by atoms with van der Waals surface area (Å²) in [6, 6.07) is 1.75. The number of ether oxygens (including phenoxy) is 1. The molecule has 5 heteroatoms. The van der Waals surface area contributed by atoms with Gasteiger partial charge in [-0.05, 0) is 32.6 Å². The van der Waals surface area contributed by atoms with Crippen molar-refractivity contribution >= 4 is 17.5 Å². The monoisotopic (exact) mass is 255 g/mol. The Morgan fingerprint density at radius 3 is 2.94 bits per heavy atom. The van der Waals surface area contributed by atoms with Gasteiger partial charge >= 0.3 is 0 Å². The van der Waals surface area contributed by atoms with Gasteiger partial charge in [-0.1, -0.05) is 0 Å². The number of alkyl halides is 1. The third-order valence-corrected chi connectivity index (χ3v) is 3.09. The minimum Gasteiger partial charge on any atom is -0.475 e. The van der Waals surface area contributed by atoms with Crippen molar-refractivity contribution < 1.29 is 4.74 Å². The van der Waals surface area contributed by atoms with Crippen LogP contribution in [0.15, 0.2) is 12.3 Å². The van der Waals surface area contributed by atoms with Crippen molar-refractivity contribution in [3.8, 4) is 5.88 Å². The fraction of sp³-hybridized carbons (Fsp3) is 0.667. The molecule has 0 radical (unpaired) electrons. The van der Waals surface area contributed by atoms with E-state index in [4.69, 9.17) is 16.3 Å². The van der Waals surface area contributed by atoms with Crippen LogP contribution in [0.25, 0.3) is 0 Å². The summed E-state index contributed by atoms with van der Waals surface area (Å²) in [5, 5.41) is 3.32. The summed E-state index contributed by atoms with van der Waals surface area (Å²) >= 11 is 6.20. The van der Waals surface area contributed by atoms with Gasteiger partial charge in [-0.15, -0.1) is 11.6 Å². The maximum atomic E-state index is 6.20. The fourth-order valence-corrected chi connectivity index (χ4v) is 1.88. The van der Waals surface area contributed by atoms with Gasteiger partial charge in [0, 0.05) is 18.8 Å². The van der Waals surface area contributed by atoms with Crippen molar-refractivity contribution in [1.82, 2.24) is 9.97 Å². The number of aromatic nitrogens is 2. The van der Waals surface area contributed by atoms with Gasteiger partial charge in [0.15, 0.2) is 0 Å². The molecule has 0 saturated heterocycles. The summed E-state index contributed by atoms with van der Waals surface area (Å²) in [6.45, 7) is 4.64. The minimum atomic E-state index is 0.116. The highest BCUT2D eigenvalue weighted by Gasteiger charge is 2.29. The van der Waals surface area contributed by atoms with Crippen molar-refractivity contribution in [1.29, 1.82) is 0 Å². The van der Waals surface area contributed by atoms with Gasteiger partial charge in [0.2, 0.25) is 11.8 Å². The Kier molecular flexibility index (Phi) is 4.05. The molecule has 1 N–H and O–H groups in total. The van der Waals surface area contributed by atoms with E-state index in [-0.39, 0.29) is 11.5 Å². The van der Waals surface area contributed by atoms with Crippen LogP contribution in [0.3, 0.4) is 0 Å². The fourth-order valence-electron chi connectivity index (χ4n) is 1.55. The second-order valence-electron chi connectivity index (χ2n) is 4.62. The molecule has 1 saturated carbocycles. The van der Waals surface area contributed by atoms with Crippen molar-refractivity contribution in [3.63, 3.8) is 0 Å². The zero-order valence-electron chi connectivity index (χ0n) is 10.2. The van der Waals surface area contributed by atoms with E-state index in [0.717, 1.165) is 0 Å². The first kappa shape index (κ1) is 12.4. The predicted molar refractivity (Wildman–Crippen MR) is 68.7 cm³/mol. The Balaban J connectivity index is 1.86. The third-order valence-electron chi connectivity index (χ3n) is 2.58. The molecule has 4 nitrogen and oxygen atoms in total. The quantitative estimate of drug-likeness (QED) is 0.794. The van der Waals surface area contributed by atoms with Crippen molar-refractivity contribution in [3.05, 3.63) is 12.3 Å². The molecule has 1 atom stereocenters. The molecule has 1 fully saturated rings. The lowest BCUT2D eigenvalue weighted by Crippen LogP contribution is -2.17. The molecule has 1 heterocycles. The van der Waals surface area contributed by atoms with Crippen LogP contribution in [0.5, 0.6) is 5.88 Å². The second-order valence-corrected chi connectivity index (χ2v) is 5.18. The third kappa shape index (κ3) is 4.04. The number of hydrogen-bond acceptors (Lipinski definition) is 4. The average molecular weight is 256 g/mol. The van der Waals surface area contributed by atoms with Crippen molar-refractivity contribution in [2.75, 3.05) is 11.9 Å². The Bertz CT molecular complexity index is 369. The van der Waals surface area contributed by atoms with Crippen LogP contribution in [0, 0.1) is 5.92 Å². The number of rotatable bonds is 6. The molecule has 1 aromatic heterocycles. The Morgan fingerprint density at radius 2 is 2.29 bits per heavy atom. The molecule has 0 amide bonds. The zero-order chi connectivity index (χ0) is 12.3. The summed E-state index contributed by atoms with van der Waals surface area (Å²) in [6.07, 6.45) is 4.29. The van der Waals surface area contributed by atoms with E-state index in [0.29, 0.717) is 24.3 Å². The highest BCUT2D eigenvalue weighted by molar-refractivity contribution is 6.21. The molecule has 1 unspecified atom stereocenters. The van der Waals surface area contributed by atoms with Crippen molar-refractivity contribution in [2.24, 2.45) is 5.92 Å². The number of halogens is 1. The molecule has 0 aromatic carbocycles. The lowest BCUT2D eigenvalue weighted by Gasteiger charge is -2.11. The van der Waals surface area contributed by atoms with Crippen LogP contribution in [-0.4, -0.2) is 28.0 Å². The highest BCUT2D eigenvalue weighted by Crippen LogP contribution is 2.35. The van der Waals surface area contributed by atoms with Crippen LogP contribution in [0.2, 0.25) is 0 Å². The molecule has 1 aromatic rings. The molecule has 17 heavy (non-hydrogen) atoms. The predicted octanol–water partition coefficient (Wildman–Crippen LogP) is 2.69. The molecule has 94 valence electrons. The molecular weight excluding hydrogens is 238 g/mol. The Labute approximate surface area is 107 Å². The average Bonchev–Trinajstić information content (AvgIpc) is 3.09. The van der Waals surface area contributed by atoms with Crippen LogP contribution in [0.1, 0.15) is 26.7 Å². The first-order valence-corrected chi connectivity index (χ1v) is 6.46. The largest absolute Gasteiger partial charge is 0.475 e. The summed E-state index contributed by atoms with van der Waals surface area (Å²) in [7, 11) is 0. The van der Waals surface area contributed by atoms with E-state index >= 15 is 0 Å². The maximum Gasteiger partial charge on any atom is 0.225 e. The number of hydrogen-bond donors (Lipinski definition) is 1. The first-order chi connectivity index (χ1) is 8.15.